The SMILES string of the molecule is CCCCCCC/C=C\C/C=C\C/C=C\CCCCCCCCCCC(=O)OCC(COC(=O)CCCCCCC/C=C\CCCCCCC)OC(=O)CCCCCCCCCCCCCCCCCCCCCCCC. The first kappa shape index (κ1) is 74.4. The van der Waals surface area contributed by atoms with Crippen LogP contribution in [0.3, 0.4) is 0 Å². The zero-order valence-electron chi connectivity index (χ0n) is 51.7. The first-order chi connectivity index (χ1) is 38.0. The zero-order valence-corrected chi connectivity index (χ0v) is 51.7. The molecule has 77 heavy (non-hydrogen) atoms. The van der Waals surface area contributed by atoms with Crippen LogP contribution in [0.15, 0.2) is 48.6 Å². The maximum absolute atomic E-state index is 12.9. The van der Waals surface area contributed by atoms with Gasteiger partial charge in [-0.05, 0) is 83.5 Å². The molecule has 0 saturated heterocycles. The minimum atomic E-state index is -0.779. The highest BCUT2D eigenvalue weighted by Gasteiger charge is 2.19. The standard InChI is InChI=1S/C71H130O6/c1-4-7-10-13-16-19-22-25-28-30-32-34-36-38-39-41-43-46-49-52-55-58-61-64-70(73)76-67-68(66-75-69(72)63-60-57-54-51-48-45-27-24-21-18-15-12-9-6-3)77-71(74)65-62-59-56-53-50-47-44-42-40-37-35-33-31-29-26-23-20-17-14-11-8-5-2/h22,24-25,27,30,32,36,38,68H,4-21,23,26,28-29,31,33-35,37,39-67H2,1-3H3/b25-22-,27-24-,32-30-,38-36-. The van der Waals surface area contributed by atoms with Crippen LogP contribution in [-0.4, -0.2) is 37.2 Å². The van der Waals surface area contributed by atoms with Crippen LogP contribution in [0.4, 0.5) is 0 Å². The molecule has 1 unspecified atom stereocenters. The van der Waals surface area contributed by atoms with Gasteiger partial charge in [0.2, 0.25) is 0 Å². The van der Waals surface area contributed by atoms with Gasteiger partial charge in [0, 0.05) is 19.3 Å². The predicted molar refractivity (Wildman–Crippen MR) is 335 cm³/mol. The van der Waals surface area contributed by atoms with Gasteiger partial charge in [-0.15, -0.1) is 0 Å². The molecule has 6 heteroatoms. The van der Waals surface area contributed by atoms with Crippen molar-refractivity contribution < 1.29 is 28.6 Å². The highest BCUT2D eigenvalue weighted by atomic mass is 16.6. The molecule has 6 nitrogen and oxygen atoms in total. The Kier molecular flexibility index (Phi) is 63.6. The smallest absolute Gasteiger partial charge is 0.306 e. The molecule has 450 valence electrons. The van der Waals surface area contributed by atoms with Crippen LogP contribution >= 0.6 is 0 Å². The number of hydrogen-bond acceptors (Lipinski definition) is 6. The number of esters is 3. The summed E-state index contributed by atoms with van der Waals surface area (Å²) in [6, 6.07) is 0. The first-order valence-corrected chi connectivity index (χ1v) is 34.1. The summed E-state index contributed by atoms with van der Waals surface area (Å²) in [5.74, 6) is -0.867. The third-order valence-electron chi connectivity index (χ3n) is 15.3. The van der Waals surface area contributed by atoms with E-state index in [0.29, 0.717) is 19.3 Å². The van der Waals surface area contributed by atoms with Crippen LogP contribution in [-0.2, 0) is 28.6 Å². The molecule has 0 aliphatic rings. The number of rotatable bonds is 63. The molecule has 0 radical (unpaired) electrons. The van der Waals surface area contributed by atoms with E-state index in [9.17, 15) is 14.4 Å². The van der Waals surface area contributed by atoms with E-state index in [4.69, 9.17) is 14.2 Å². The number of unbranched alkanes of at least 4 members (excludes halogenated alkanes) is 44. The highest BCUT2D eigenvalue weighted by Crippen LogP contribution is 2.18. The largest absolute Gasteiger partial charge is 0.462 e. The molecular formula is C71H130O6. The first-order valence-electron chi connectivity index (χ1n) is 34.1. The summed E-state index contributed by atoms with van der Waals surface area (Å²) < 4.78 is 17.0. The maximum atomic E-state index is 12.9. The van der Waals surface area contributed by atoms with E-state index < -0.39 is 6.10 Å². The fourth-order valence-electron chi connectivity index (χ4n) is 10.2. The Bertz CT molecular complexity index is 1330. The average Bonchev–Trinajstić information content (AvgIpc) is 3.43. The van der Waals surface area contributed by atoms with Crippen LogP contribution in [0, 0.1) is 0 Å². The van der Waals surface area contributed by atoms with Crippen molar-refractivity contribution in [3.05, 3.63) is 48.6 Å². The lowest BCUT2D eigenvalue weighted by Crippen LogP contribution is -2.30. The molecule has 0 fully saturated rings. The molecule has 0 heterocycles. The van der Waals surface area contributed by atoms with Crippen LogP contribution in [0.5, 0.6) is 0 Å². The van der Waals surface area contributed by atoms with E-state index in [1.165, 1.54) is 244 Å². The average molecular weight is 1080 g/mol. The van der Waals surface area contributed by atoms with Gasteiger partial charge in [0.05, 0.1) is 0 Å². The van der Waals surface area contributed by atoms with Crippen molar-refractivity contribution in [1.29, 1.82) is 0 Å². The predicted octanol–water partition coefficient (Wildman–Crippen LogP) is 23.3. The molecule has 0 saturated carbocycles. The van der Waals surface area contributed by atoms with E-state index >= 15 is 0 Å². The lowest BCUT2D eigenvalue weighted by Gasteiger charge is -2.18. The van der Waals surface area contributed by atoms with E-state index in [-0.39, 0.29) is 31.1 Å². The molecule has 0 N–H and O–H groups in total. The molecule has 0 amide bonds. The van der Waals surface area contributed by atoms with Crippen LogP contribution in [0.25, 0.3) is 0 Å². The summed E-state index contributed by atoms with van der Waals surface area (Å²) in [4.78, 5) is 38.4. The van der Waals surface area contributed by atoms with Gasteiger partial charge >= 0.3 is 17.9 Å². The van der Waals surface area contributed by atoms with E-state index in [1.807, 2.05) is 0 Å². The number of carbonyl (C=O) groups excluding carboxylic acids is 3. The van der Waals surface area contributed by atoms with Crippen molar-refractivity contribution in [2.75, 3.05) is 13.2 Å². The second kappa shape index (κ2) is 65.9. The van der Waals surface area contributed by atoms with Crippen molar-refractivity contribution >= 4 is 17.9 Å². The van der Waals surface area contributed by atoms with Gasteiger partial charge in [-0.2, -0.15) is 0 Å². The highest BCUT2D eigenvalue weighted by molar-refractivity contribution is 5.71. The second-order valence-corrected chi connectivity index (χ2v) is 23.1. The van der Waals surface area contributed by atoms with E-state index in [2.05, 4.69) is 69.4 Å². The Morgan fingerprint density at radius 1 is 0.260 bits per heavy atom. The minimum Gasteiger partial charge on any atom is -0.462 e. The molecule has 0 aliphatic heterocycles. The van der Waals surface area contributed by atoms with Crippen LogP contribution in [0.1, 0.15) is 367 Å². The summed E-state index contributed by atoms with van der Waals surface area (Å²) in [5, 5.41) is 0. The summed E-state index contributed by atoms with van der Waals surface area (Å²) in [6.45, 7) is 6.67. The fraction of sp³-hybridized carbons (Fsp3) is 0.845. The Hall–Kier alpha value is -2.63. The van der Waals surface area contributed by atoms with Crippen molar-refractivity contribution in [3.63, 3.8) is 0 Å². The van der Waals surface area contributed by atoms with Gasteiger partial charge in [-0.25, -0.2) is 0 Å². The van der Waals surface area contributed by atoms with Crippen molar-refractivity contribution in [2.24, 2.45) is 0 Å². The van der Waals surface area contributed by atoms with Gasteiger partial charge in [-0.1, -0.05) is 313 Å². The summed E-state index contributed by atoms with van der Waals surface area (Å²) in [7, 11) is 0. The van der Waals surface area contributed by atoms with Crippen molar-refractivity contribution in [3.8, 4) is 0 Å². The Morgan fingerprint density at radius 2 is 0.468 bits per heavy atom. The van der Waals surface area contributed by atoms with Gasteiger partial charge in [0.25, 0.3) is 0 Å². The monoisotopic (exact) mass is 1080 g/mol. The third kappa shape index (κ3) is 64.1. The number of carbonyl (C=O) groups is 3. The van der Waals surface area contributed by atoms with Gasteiger partial charge in [0.1, 0.15) is 13.2 Å². The van der Waals surface area contributed by atoms with Gasteiger partial charge in [0.15, 0.2) is 6.10 Å². The quantitative estimate of drug-likeness (QED) is 0.0261. The van der Waals surface area contributed by atoms with E-state index in [1.54, 1.807) is 0 Å². The molecule has 0 aromatic carbocycles. The van der Waals surface area contributed by atoms with Gasteiger partial charge < -0.3 is 14.2 Å². The summed E-state index contributed by atoms with van der Waals surface area (Å²) >= 11 is 0. The van der Waals surface area contributed by atoms with Crippen molar-refractivity contribution in [2.45, 2.75) is 374 Å². The van der Waals surface area contributed by atoms with Gasteiger partial charge in [-0.3, -0.25) is 14.4 Å². The van der Waals surface area contributed by atoms with Crippen molar-refractivity contribution in [1.82, 2.24) is 0 Å². The summed E-state index contributed by atoms with van der Waals surface area (Å²) in [6.07, 6.45) is 82.7. The minimum absolute atomic E-state index is 0.0760. The normalized spacial score (nSPS) is 12.3. The molecule has 0 aromatic heterocycles. The molecule has 0 spiro atoms. The number of ether oxygens (including phenoxy) is 3. The fourth-order valence-corrected chi connectivity index (χ4v) is 10.2. The third-order valence-corrected chi connectivity index (χ3v) is 15.3. The van der Waals surface area contributed by atoms with Crippen LogP contribution < -0.4 is 0 Å². The molecule has 0 aromatic rings. The van der Waals surface area contributed by atoms with Crippen LogP contribution in [0.2, 0.25) is 0 Å². The Balaban J connectivity index is 4.31. The Morgan fingerprint density at radius 3 is 0.740 bits per heavy atom. The molecular weight excluding hydrogens is 949 g/mol. The zero-order chi connectivity index (χ0) is 55.7. The topological polar surface area (TPSA) is 78.9 Å². The molecule has 0 bridgehead atoms. The number of allylic oxidation sites excluding steroid dienone is 8. The lowest BCUT2D eigenvalue weighted by molar-refractivity contribution is -0.167. The molecule has 0 rings (SSSR count). The maximum Gasteiger partial charge on any atom is 0.306 e. The molecule has 0 aliphatic carbocycles. The van der Waals surface area contributed by atoms with E-state index in [0.717, 1.165) is 83.5 Å². The number of hydrogen-bond donors (Lipinski definition) is 0. The second-order valence-electron chi connectivity index (χ2n) is 23.1. The Labute approximate surface area is 479 Å². The summed E-state index contributed by atoms with van der Waals surface area (Å²) in [5.41, 5.74) is 0. The lowest BCUT2D eigenvalue weighted by atomic mass is 10.0. The molecule has 1 atom stereocenters.